The van der Waals surface area contributed by atoms with Crippen LogP contribution in [0.25, 0.3) is 0 Å². The van der Waals surface area contributed by atoms with Crippen molar-refractivity contribution in [2.24, 2.45) is 0 Å². The lowest BCUT2D eigenvalue weighted by atomic mass is 10.2. The molecule has 0 bridgehead atoms. The van der Waals surface area contributed by atoms with Crippen LogP contribution in [0.5, 0.6) is 0 Å². The number of nitrogens with zero attached hydrogens (tertiary/aromatic N) is 1. The van der Waals surface area contributed by atoms with Crippen molar-refractivity contribution >= 4 is 33.0 Å². The number of halogens is 1. The molecule has 96 valence electrons. The molecule has 2 aromatic rings. The second kappa shape index (κ2) is 5.79. The number of hydrogen-bond donors (Lipinski definition) is 1. The van der Waals surface area contributed by atoms with Crippen LogP contribution in [0.3, 0.4) is 0 Å². The molecule has 0 aliphatic rings. The molecule has 0 aliphatic carbocycles. The van der Waals surface area contributed by atoms with Crippen LogP contribution >= 0.6 is 22.9 Å². The quantitative estimate of drug-likeness (QED) is 0.863. The zero-order valence-electron chi connectivity index (χ0n) is 9.34. The number of thiazole rings is 1. The van der Waals surface area contributed by atoms with Gasteiger partial charge in [0.2, 0.25) is 10.0 Å². The average Bonchev–Trinajstić information content (AvgIpc) is 2.90. The van der Waals surface area contributed by atoms with Gasteiger partial charge in [0, 0.05) is 17.5 Å². The molecule has 1 N–H and O–H groups in total. The Morgan fingerprint density at radius 2 is 2.22 bits per heavy atom. The van der Waals surface area contributed by atoms with Gasteiger partial charge in [-0.25, -0.2) is 18.1 Å². The Hall–Kier alpha value is -0.950. The normalized spacial score (nSPS) is 11.6. The molecular weight excluding hydrogens is 292 g/mol. The van der Waals surface area contributed by atoms with Gasteiger partial charge < -0.3 is 0 Å². The average molecular weight is 303 g/mol. The van der Waals surface area contributed by atoms with Crippen molar-refractivity contribution in [1.82, 2.24) is 9.71 Å². The first-order valence-corrected chi connectivity index (χ1v) is 8.04. The van der Waals surface area contributed by atoms with Crippen molar-refractivity contribution in [3.63, 3.8) is 0 Å². The molecule has 0 aliphatic heterocycles. The molecule has 0 spiro atoms. The first kappa shape index (κ1) is 13.5. The van der Waals surface area contributed by atoms with E-state index in [0.29, 0.717) is 0 Å². The maximum atomic E-state index is 12.0. The maximum absolute atomic E-state index is 12.0. The van der Waals surface area contributed by atoms with Gasteiger partial charge in [-0.2, -0.15) is 0 Å². The molecule has 0 unspecified atom stereocenters. The Labute approximate surface area is 115 Å². The minimum absolute atomic E-state index is 0.200. The number of benzene rings is 1. The van der Waals surface area contributed by atoms with Crippen molar-refractivity contribution < 1.29 is 8.42 Å². The molecule has 0 saturated heterocycles. The van der Waals surface area contributed by atoms with Crippen LogP contribution < -0.4 is 4.72 Å². The molecule has 0 radical (unpaired) electrons. The Morgan fingerprint density at radius 3 is 2.89 bits per heavy atom. The Kier molecular flexibility index (Phi) is 4.34. The van der Waals surface area contributed by atoms with Gasteiger partial charge in [-0.1, -0.05) is 12.1 Å². The molecule has 2 rings (SSSR count). The molecule has 1 heterocycles. The highest BCUT2D eigenvalue weighted by Gasteiger charge is 2.14. The predicted molar refractivity (Wildman–Crippen MR) is 72.1 cm³/mol. The fourth-order valence-electron chi connectivity index (χ4n) is 1.38. The highest BCUT2D eigenvalue weighted by Crippen LogP contribution is 2.14. The summed E-state index contributed by atoms with van der Waals surface area (Å²) in [4.78, 5) is 4.24. The highest BCUT2D eigenvalue weighted by molar-refractivity contribution is 7.89. The number of aromatic nitrogens is 1. The number of nitrogens with one attached hydrogen (secondary N) is 1. The van der Waals surface area contributed by atoms with E-state index in [-0.39, 0.29) is 17.3 Å². The third kappa shape index (κ3) is 3.29. The third-order valence-corrected chi connectivity index (χ3v) is 4.75. The largest absolute Gasteiger partial charge is 0.248 e. The fourth-order valence-corrected chi connectivity index (χ4v) is 3.25. The van der Waals surface area contributed by atoms with E-state index in [2.05, 4.69) is 9.71 Å². The molecular formula is C11H11ClN2O2S2. The number of sulfonamides is 1. The van der Waals surface area contributed by atoms with Crippen molar-refractivity contribution in [3.8, 4) is 0 Å². The zero-order valence-corrected chi connectivity index (χ0v) is 11.7. The molecule has 18 heavy (non-hydrogen) atoms. The summed E-state index contributed by atoms with van der Waals surface area (Å²) < 4.78 is 26.5. The SMILES string of the molecule is O=S(=O)(NCc1nccs1)c1cccc(CCl)c1. The van der Waals surface area contributed by atoms with Crippen LogP contribution in [0, 0.1) is 0 Å². The molecule has 0 saturated carbocycles. The van der Waals surface area contributed by atoms with Gasteiger partial charge in [0.1, 0.15) is 5.01 Å². The van der Waals surface area contributed by atoms with E-state index in [1.165, 1.54) is 11.3 Å². The molecule has 1 aromatic heterocycles. The van der Waals surface area contributed by atoms with E-state index in [1.54, 1.807) is 35.8 Å². The van der Waals surface area contributed by atoms with Crippen LogP contribution in [0.2, 0.25) is 0 Å². The highest BCUT2D eigenvalue weighted by atomic mass is 35.5. The van der Waals surface area contributed by atoms with E-state index in [9.17, 15) is 8.42 Å². The Balaban J connectivity index is 2.14. The summed E-state index contributed by atoms with van der Waals surface area (Å²) in [5.41, 5.74) is 0.772. The van der Waals surface area contributed by atoms with Gasteiger partial charge in [-0.05, 0) is 17.7 Å². The van der Waals surface area contributed by atoms with E-state index in [1.807, 2.05) is 0 Å². The number of hydrogen-bond acceptors (Lipinski definition) is 4. The van der Waals surface area contributed by atoms with Crippen molar-refractivity contribution in [3.05, 3.63) is 46.4 Å². The molecule has 4 nitrogen and oxygen atoms in total. The van der Waals surface area contributed by atoms with E-state index in [0.717, 1.165) is 10.6 Å². The standard InChI is InChI=1S/C11H11ClN2O2S2/c12-7-9-2-1-3-10(6-9)18(15,16)14-8-11-13-4-5-17-11/h1-6,14H,7-8H2. The number of rotatable bonds is 5. The van der Waals surface area contributed by atoms with E-state index >= 15 is 0 Å². The number of alkyl halides is 1. The lowest BCUT2D eigenvalue weighted by Gasteiger charge is -2.06. The summed E-state index contributed by atoms with van der Waals surface area (Å²) in [6.07, 6.45) is 1.64. The first-order chi connectivity index (χ1) is 8.62. The second-order valence-corrected chi connectivity index (χ2v) is 6.54. The van der Waals surface area contributed by atoms with Crippen molar-refractivity contribution in [1.29, 1.82) is 0 Å². The van der Waals surface area contributed by atoms with Gasteiger partial charge in [-0.15, -0.1) is 22.9 Å². The summed E-state index contributed by atoms with van der Waals surface area (Å²) in [6.45, 7) is 0.200. The van der Waals surface area contributed by atoms with Gasteiger partial charge in [0.15, 0.2) is 0 Å². The first-order valence-electron chi connectivity index (χ1n) is 5.15. The van der Waals surface area contributed by atoms with Gasteiger partial charge in [-0.3, -0.25) is 0 Å². The van der Waals surface area contributed by atoms with Crippen LogP contribution in [0.15, 0.2) is 40.7 Å². The molecule has 7 heteroatoms. The van der Waals surface area contributed by atoms with Crippen LogP contribution in [0.4, 0.5) is 0 Å². The smallest absolute Gasteiger partial charge is 0.240 e. The lowest BCUT2D eigenvalue weighted by Crippen LogP contribution is -2.23. The summed E-state index contributed by atoms with van der Waals surface area (Å²) in [7, 11) is -3.51. The molecule has 0 fully saturated rings. The summed E-state index contributed by atoms with van der Waals surface area (Å²) in [6, 6.07) is 6.57. The second-order valence-electron chi connectivity index (χ2n) is 3.53. The topological polar surface area (TPSA) is 59.1 Å². The third-order valence-electron chi connectivity index (χ3n) is 2.26. The molecule has 1 aromatic carbocycles. The zero-order chi connectivity index (χ0) is 13.0. The van der Waals surface area contributed by atoms with E-state index in [4.69, 9.17) is 11.6 Å². The predicted octanol–water partition coefficient (Wildman–Crippen LogP) is 2.36. The van der Waals surface area contributed by atoms with Crippen LogP contribution in [-0.4, -0.2) is 13.4 Å². The van der Waals surface area contributed by atoms with Crippen molar-refractivity contribution in [2.75, 3.05) is 0 Å². The van der Waals surface area contributed by atoms with E-state index < -0.39 is 10.0 Å². The summed E-state index contributed by atoms with van der Waals surface area (Å²) in [5.74, 6) is 0.288. The van der Waals surface area contributed by atoms with Crippen LogP contribution in [0.1, 0.15) is 10.6 Å². The van der Waals surface area contributed by atoms with Crippen LogP contribution in [-0.2, 0) is 22.4 Å². The van der Waals surface area contributed by atoms with Crippen molar-refractivity contribution in [2.45, 2.75) is 17.3 Å². The minimum Gasteiger partial charge on any atom is -0.248 e. The van der Waals surface area contributed by atoms with Gasteiger partial charge in [0.05, 0.1) is 11.4 Å². The Morgan fingerprint density at radius 1 is 1.39 bits per heavy atom. The summed E-state index contributed by atoms with van der Waals surface area (Å²) in [5, 5.41) is 2.53. The fraction of sp³-hybridized carbons (Fsp3) is 0.182. The Bertz CT molecular complexity index is 612. The molecule has 0 atom stereocenters. The lowest BCUT2D eigenvalue weighted by molar-refractivity contribution is 0.581. The maximum Gasteiger partial charge on any atom is 0.240 e. The van der Waals surface area contributed by atoms with Gasteiger partial charge >= 0.3 is 0 Å². The summed E-state index contributed by atoms with van der Waals surface area (Å²) >= 11 is 7.09. The monoisotopic (exact) mass is 302 g/mol. The minimum atomic E-state index is -3.51. The van der Waals surface area contributed by atoms with Gasteiger partial charge in [0.25, 0.3) is 0 Å². The molecule has 0 amide bonds.